The summed E-state index contributed by atoms with van der Waals surface area (Å²) in [4.78, 5) is 22.9. The third kappa shape index (κ3) is 1.96. The van der Waals surface area contributed by atoms with Crippen LogP contribution in [0.3, 0.4) is 0 Å². The van der Waals surface area contributed by atoms with Crippen LogP contribution < -0.4 is 11.3 Å². The number of nitrogens with zero attached hydrogens (tertiary/aromatic N) is 1. The van der Waals surface area contributed by atoms with Crippen molar-refractivity contribution in [2.75, 3.05) is 0 Å². The van der Waals surface area contributed by atoms with Gasteiger partial charge in [-0.05, 0) is 12.1 Å². The number of rotatable bonds is 3. The molecular formula is C10H11N3O3. The summed E-state index contributed by atoms with van der Waals surface area (Å²) in [5, 5.41) is 2.40. The van der Waals surface area contributed by atoms with E-state index in [9.17, 15) is 9.59 Å². The van der Waals surface area contributed by atoms with Crippen molar-refractivity contribution in [1.82, 2.24) is 9.78 Å². The van der Waals surface area contributed by atoms with Gasteiger partial charge in [-0.1, -0.05) is 0 Å². The molecule has 0 amide bonds. The number of aromatic nitrogens is 2. The fourth-order valence-corrected chi connectivity index (χ4v) is 1.44. The Hall–Kier alpha value is -2.08. The predicted octanol–water partition coefficient (Wildman–Crippen LogP) is 0.111. The van der Waals surface area contributed by atoms with Crippen LogP contribution in [-0.4, -0.2) is 15.7 Å². The number of furan rings is 1. The van der Waals surface area contributed by atoms with Crippen LogP contribution in [0.1, 0.15) is 16.2 Å². The molecule has 2 rings (SSSR count). The molecule has 2 aromatic heterocycles. The van der Waals surface area contributed by atoms with Crippen molar-refractivity contribution < 1.29 is 9.21 Å². The topological polar surface area (TPSA) is 94.0 Å². The number of carbonyl (C=O) groups excluding carboxylic acids is 1. The number of nitrogens with one attached hydrogen (secondary N) is 1. The minimum atomic E-state index is -0.340. The third-order valence-electron chi connectivity index (χ3n) is 2.17. The van der Waals surface area contributed by atoms with Crippen molar-refractivity contribution in [3.8, 4) is 0 Å². The maximum absolute atomic E-state index is 11.8. The van der Waals surface area contributed by atoms with Crippen LogP contribution in [0.25, 0.3) is 0 Å². The van der Waals surface area contributed by atoms with Crippen molar-refractivity contribution in [2.24, 2.45) is 5.73 Å². The second-order valence-corrected chi connectivity index (χ2v) is 3.30. The Morgan fingerprint density at radius 1 is 1.56 bits per heavy atom. The molecule has 0 aliphatic heterocycles. The van der Waals surface area contributed by atoms with E-state index in [1.807, 2.05) is 0 Å². The smallest absolute Gasteiger partial charge is 0.264 e. The van der Waals surface area contributed by atoms with E-state index in [1.54, 1.807) is 12.1 Å². The number of hydrogen-bond acceptors (Lipinski definition) is 4. The molecule has 0 atom stereocenters. The van der Waals surface area contributed by atoms with Crippen LogP contribution in [0.4, 0.5) is 0 Å². The summed E-state index contributed by atoms with van der Waals surface area (Å²) in [7, 11) is 0. The van der Waals surface area contributed by atoms with E-state index in [0.717, 1.165) is 4.68 Å². The molecule has 0 bridgehead atoms. The second kappa shape index (κ2) is 4.19. The van der Waals surface area contributed by atoms with Gasteiger partial charge in [-0.25, -0.2) is 4.68 Å². The summed E-state index contributed by atoms with van der Waals surface area (Å²) < 4.78 is 6.21. The van der Waals surface area contributed by atoms with Gasteiger partial charge in [-0.15, -0.1) is 0 Å². The lowest BCUT2D eigenvalue weighted by molar-refractivity contribution is 0.0887. The largest absolute Gasteiger partial charge is 0.469 e. The van der Waals surface area contributed by atoms with Gasteiger partial charge in [0.05, 0.1) is 18.4 Å². The van der Waals surface area contributed by atoms with Crippen molar-refractivity contribution in [2.45, 2.75) is 13.0 Å². The molecular weight excluding hydrogens is 210 g/mol. The molecule has 0 aliphatic rings. The summed E-state index contributed by atoms with van der Waals surface area (Å²) in [5.41, 5.74) is 5.54. The Kier molecular flexibility index (Phi) is 2.74. The Balaban J connectivity index is 2.23. The average Bonchev–Trinajstić information content (AvgIpc) is 2.86. The standard InChI is InChI=1S/C10H11N3O3/c11-6-7-4-9(14)12-13(7)10(15)5-8-2-1-3-16-8/h1-4H,5-6,11H2,(H,12,14). The molecule has 3 N–H and O–H groups in total. The summed E-state index contributed by atoms with van der Waals surface area (Å²) in [6.07, 6.45) is 1.58. The van der Waals surface area contributed by atoms with Gasteiger partial charge in [0.25, 0.3) is 11.5 Å². The highest BCUT2D eigenvalue weighted by Gasteiger charge is 2.12. The maximum Gasteiger partial charge on any atom is 0.264 e. The average molecular weight is 221 g/mol. The zero-order chi connectivity index (χ0) is 11.5. The van der Waals surface area contributed by atoms with Gasteiger partial charge in [-0.3, -0.25) is 14.7 Å². The normalized spacial score (nSPS) is 10.6. The van der Waals surface area contributed by atoms with Crippen LogP contribution in [-0.2, 0) is 13.0 Å². The van der Waals surface area contributed by atoms with Gasteiger partial charge < -0.3 is 10.2 Å². The van der Waals surface area contributed by atoms with E-state index in [0.29, 0.717) is 11.5 Å². The van der Waals surface area contributed by atoms with E-state index in [1.165, 1.54) is 12.3 Å². The van der Waals surface area contributed by atoms with Crippen LogP contribution in [0.5, 0.6) is 0 Å². The lowest BCUT2D eigenvalue weighted by Gasteiger charge is -2.03. The number of nitrogens with two attached hydrogens (primary N) is 1. The van der Waals surface area contributed by atoms with Crippen molar-refractivity contribution in [1.29, 1.82) is 0 Å². The van der Waals surface area contributed by atoms with E-state index in [4.69, 9.17) is 10.2 Å². The SMILES string of the molecule is NCc1cc(=O)[nH]n1C(=O)Cc1ccco1. The van der Waals surface area contributed by atoms with Gasteiger partial charge in [-0.2, -0.15) is 0 Å². The fraction of sp³-hybridized carbons (Fsp3) is 0.200. The summed E-state index contributed by atoms with van der Waals surface area (Å²) >= 11 is 0. The van der Waals surface area contributed by atoms with Gasteiger partial charge in [0.1, 0.15) is 5.76 Å². The van der Waals surface area contributed by atoms with Crippen molar-refractivity contribution in [3.05, 3.63) is 46.3 Å². The van der Waals surface area contributed by atoms with Crippen molar-refractivity contribution >= 4 is 5.91 Å². The quantitative estimate of drug-likeness (QED) is 0.769. The number of carbonyl (C=O) groups is 1. The number of hydrogen-bond donors (Lipinski definition) is 2. The molecule has 0 saturated heterocycles. The van der Waals surface area contributed by atoms with E-state index in [2.05, 4.69) is 5.10 Å². The molecule has 0 spiro atoms. The van der Waals surface area contributed by atoms with Gasteiger partial charge >= 0.3 is 0 Å². The van der Waals surface area contributed by atoms with Crippen LogP contribution >= 0.6 is 0 Å². The van der Waals surface area contributed by atoms with E-state index in [-0.39, 0.29) is 24.4 Å². The molecule has 6 heteroatoms. The predicted molar refractivity (Wildman–Crippen MR) is 56.0 cm³/mol. The number of aromatic amines is 1. The highest BCUT2D eigenvalue weighted by molar-refractivity contribution is 5.80. The van der Waals surface area contributed by atoms with E-state index < -0.39 is 0 Å². The minimum absolute atomic E-state index is 0.0879. The monoisotopic (exact) mass is 221 g/mol. The summed E-state index contributed by atoms with van der Waals surface area (Å²) in [5.74, 6) is 0.264. The first kappa shape index (κ1) is 10.4. The van der Waals surface area contributed by atoms with Gasteiger partial charge in [0, 0.05) is 12.6 Å². The third-order valence-corrected chi connectivity index (χ3v) is 2.17. The molecule has 0 saturated carbocycles. The second-order valence-electron chi connectivity index (χ2n) is 3.30. The Bertz CT molecular complexity index is 536. The highest BCUT2D eigenvalue weighted by atomic mass is 16.3. The Morgan fingerprint density at radius 3 is 3.00 bits per heavy atom. The number of H-pyrrole nitrogens is 1. The van der Waals surface area contributed by atoms with Crippen LogP contribution in [0.2, 0.25) is 0 Å². The summed E-state index contributed by atoms with van der Waals surface area (Å²) in [6.45, 7) is 0.128. The molecule has 0 aromatic carbocycles. The molecule has 0 radical (unpaired) electrons. The maximum atomic E-state index is 11.8. The molecule has 16 heavy (non-hydrogen) atoms. The lowest BCUT2D eigenvalue weighted by atomic mass is 10.3. The fourth-order valence-electron chi connectivity index (χ4n) is 1.44. The molecule has 6 nitrogen and oxygen atoms in total. The molecule has 0 fully saturated rings. The highest BCUT2D eigenvalue weighted by Crippen LogP contribution is 2.03. The first-order valence-corrected chi connectivity index (χ1v) is 4.77. The molecule has 0 aliphatic carbocycles. The van der Waals surface area contributed by atoms with Gasteiger partial charge in [0.15, 0.2) is 0 Å². The summed E-state index contributed by atoms with van der Waals surface area (Å²) in [6, 6.07) is 4.70. The van der Waals surface area contributed by atoms with Crippen LogP contribution in [0, 0.1) is 0 Å². The zero-order valence-corrected chi connectivity index (χ0v) is 8.47. The minimum Gasteiger partial charge on any atom is -0.469 e. The molecule has 0 unspecified atom stereocenters. The molecule has 2 heterocycles. The van der Waals surface area contributed by atoms with Crippen LogP contribution in [0.15, 0.2) is 33.7 Å². The Labute approximate surface area is 90.6 Å². The first-order valence-electron chi connectivity index (χ1n) is 4.77. The zero-order valence-electron chi connectivity index (χ0n) is 8.47. The van der Waals surface area contributed by atoms with E-state index >= 15 is 0 Å². The van der Waals surface area contributed by atoms with Gasteiger partial charge in [0.2, 0.25) is 0 Å². The lowest BCUT2D eigenvalue weighted by Crippen LogP contribution is -2.20. The Morgan fingerprint density at radius 2 is 2.38 bits per heavy atom. The first-order chi connectivity index (χ1) is 7.70. The van der Waals surface area contributed by atoms with Crippen molar-refractivity contribution in [3.63, 3.8) is 0 Å². The molecule has 2 aromatic rings. The molecule has 84 valence electrons.